The summed E-state index contributed by atoms with van der Waals surface area (Å²) < 4.78 is 41.6. The zero-order valence-corrected chi connectivity index (χ0v) is 8.93. The molecule has 3 N–H and O–H groups in total. The molecule has 94 valence electrons. The van der Waals surface area contributed by atoms with Crippen molar-refractivity contribution in [2.24, 2.45) is 5.73 Å². The van der Waals surface area contributed by atoms with E-state index in [2.05, 4.69) is 11.9 Å². The minimum absolute atomic E-state index is 0.0650. The number of carbonyl (C=O) groups is 1. The third-order valence-corrected chi connectivity index (χ3v) is 1.90. The van der Waals surface area contributed by atoms with Crippen LogP contribution < -0.4 is 11.1 Å². The van der Waals surface area contributed by atoms with Gasteiger partial charge in [0.15, 0.2) is 5.54 Å². The summed E-state index contributed by atoms with van der Waals surface area (Å²) in [6.45, 7) is 4.25. The fraction of sp³-hybridized carbons (Fsp3) is 0.667. The number of hydrogen-bond acceptors (Lipinski definition) is 3. The fourth-order valence-electron chi connectivity index (χ4n) is 0.753. The Bertz CT molecular complexity index is 252. The van der Waals surface area contributed by atoms with Crippen LogP contribution in [0.3, 0.4) is 0 Å². The molecular formula is C9H15F3N2O2. The van der Waals surface area contributed by atoms with Crippen LogP contribution in [0.1, 0.15) is 13.3 Å². The van der Waals surface area contributed by atoms with Gasteiger partial charge in [-0.3, -0.25) is 4.79 Å². The summed E-state index contributed by atoms with van der Waals surface area (Å²) in [6.07, 6.45) is -3.18. The van der Waals surface area contributed by atoms with Crippen LogP contribution in [0.5, 0.6) is 0 Å². The molecule has 0 aromatic rings. The molecule has 0 aromatic carbocycles. The van der Waals surface area contributed by atoms with Gasteiger partial charge in [-0.05, 0) is 13.3 Å². The number of nitrogens with one attached hydrogen (secondary N) is 1. The highest BCUT2D eigenvalue weighted by molar-refractivity contribution is 5.86. The van der Waals surface area contributed by atoms with E-state index in [0.717, 1.165) is 0 Å². The molecule has 0 saturated carbocycles. The Morgan fingerprint density at radius 2 is 2.12 bits per heavy atom. The molecule has 1 amide bonds. The van der Waals surface area contributed by atoms with Crippen molar-refractivity contribution in [1.82, 2.24) is 5.32 Å². The molecule has 0 aliphatic carbocycles. The van der Waals surface area contributed by atoms with Crippen molar-refractivity contribution < 1.29 is 22.7 Å². The van der Waals surface area contributed by atoms with Gasteiger partial charge in [0.25, 0.3) is 0 Å². The van der Waals surface area contributed by atoms with Crippen LogP contribution in [0, 0.1) is 0 Å². The summed E-state index contributed by atoms with van der Waals surface area (Å²) in [6, 6.07) is 0. The largest absolute Gasteiger partial charge is 0.502 e. The number of alkyl halides is 3. The van der Waals surface area contributed by atoms with Gasteiger partial charge in [-0.1, -0.05) is 6.58 Å². The average molecular weight is 240 g/mol. The van der Waals surface area contributed by atoms with Gasteiger partial charge in [0.2, 0.25) is 5.91 Å². The smallest absolute Gasteiger partial charge is 0.415 e. The first-order valence-electron chi connectivity index (χ1n) is 4.60. The van der Waals surface area contributed by atoms with Crippen molar-refractivity contribution in [2.45, 2.75) is 25.1 Å². The maximum Gasteiger partial charge on any atom is 0.415 e. The van der Waals surface area contributed by atoms with Crippen LogP contribution in [0.2, 0.25) is 0 Å². The van der Waals surface area contributed by atoms with E-state index in [4.69, 9.17) is 10.5 Å². The number of halogens is 3. The predicted molar refractivity (Wildman–Crippen MR) is 52.4 cm³/mol. The van der Waals surface area contributed by atoms with Crippen molar-refractivity contribution in [1.29, 1.82) is 0 Å². The van der Waals surface area contributed by atoms with E-state index in [-0.39, 0.29) is 13.2 Å². The van der Waals surface area contributed by atoms with Crippen molar-refractivity contribution >= 4 is 5.91 Å². The Morgan fingerprint density at radius 1 is 1.56 bits per heavy atom. The second-order valence-corrected chi connectivity index (χ2v) is 3.35. The van der Waals surface area contributed by atoms with E-state index in [1.54, 1.807) is 0 Å². The second-order valence-electron chi connectivity index (χ2n) is 3.35. The van der Waals surface area contributed by atoms with Gasteiger partial charge >= 0.3 is 6.18 Å². The second kappa shape index (κ2) is 5.74. The van der Waals surface area contributed by atoms with E-state index in [9.17, 15) is 18.0 Å². The maximum absolute atomic E-state index is 12.3. The molecule has 0 radical (unpaired) electrons. The molecule has 7 heteroatoms. The lowest BCUT2D eigenvalue weighted by atomic mass is 10.0. The molecule has 0 bridgehead atoms. The molecule has 4 nitrogen and oxygen atoms in total. The third kappa shape index (κ3) is 4.09. The molecule has 0 fully saturated rings. The van der Waals surface area contributed by atoms with Crippen LogP contribution in [0.4, 0.5) is 13.2 Å². The topological polar surface area (TPSA) is 64.3 Å². The highest BCUT2D eigenvalue weighted by Crippen LogP contribution is 2.27. The van der Waals surface area contributed by atoms with Crippen LogP contribution in [0.25, 0.3) is 0 Å². The SMILES string of the molecule is C=COCCCNC(=O)C(C)(N)C(F)(F)F. The summed E-state index contributed by atoms with van der Waals surface area (Å²) in [5, 5.41) is 2.09. The number of rotatable bonds is 6. The highest BCUT2D eigenvalue weighted by atomic mass is 19.4. The third-order valence-electron chi connectivity index (χ3n) is 1.90. The maximum atomic E-state index is 12.3. The molecule has 0 heterocycles. The van der Waals surface area contributed by atoms with E-state index in [1.165, 1.54) is 6.26 Å². The van der Waals surface area contributed by atoms with Crippen molar-refractivity contribution in [3.05, 3.63) is 12.8 Å². The van der Waals surface area contributed by atoms with E-state index in [1.807, 2.05) is 0 Å². The molecule has 1 atom stereocenters. The van der Waals surface area contributed by atoms with Crippen molar-refractivity contribution in [3.63, 3.8) is 0 Å². The monoisotopic (exact) mass is 240 g/mol. The average Bonchev–Trinajstić information content (AvgIpc) is 2.15. The molecule has 1 unspecified atom stereocenters. The molecular weight excluding hydrogens is 225 g/mol. The number of hydrogen-bond donors (Lipinski definition) is 2. The normalized spacial score (nSPS) is 15.1. The van der Waals surface area contributed by atoms with Crippen LogP contribution in [-0.4, -0.2) is 30.8 Å². The Hall–Kier alpha value is -1.24. The summed E-state index contributed by atoms with van der Waals surface area (Å²) in [5.74, 6) is -1.25. The van der Waals surface area contributed by atoms with Gasteiger partial charge < -0.3 is 15.8 Å². The van der Waals surface area contributed by atoms with Crippen LogP contribution >= 0.6 is 0 Å². The van der Waals surface area contributed by atoms with Gasteiger partial charge in [-0.15, -0.1) is 0 Å². The Balaban J connectivity index is 4.02. The summed E-state index contributed by atoms with van der Waals surface area (Å²) >= 11 is 0. The highest BCUT2D eigenvalue weighted by Gasteiger charge is 2.53. The van der Waals surface area contributed by atoms with Gasteiger partial charge in [-0.2, -0.15) is 13.2 Å². The summed E-state index contributed by atoms with van der Waals surface area (Å²) in [7, 11) is 0. The molecule has 16 heavy (non-hydrogen) atoms. The van der Waals surface area contributed by atoms with E-state index < -0.39 is 17.6 Å². The number of carbonyl (C=O) groups excluding carboxylic acids is 1. The van der Waals surface area contributed by atoms with Crippen LogP contribution in [-0.2, 0) is 9.53 Å². The molecule has 0 rings (SSSR count). The molecule has 0 aliphatic heterocycles. The first-order chi connectivity index (χ1) is 7.23. The lowest BCUT2D eigenvalue weighted by Gasteiger charge is -2.26. The quantitative estimate of drug-likeness (QED) is 0.536. The number of amides is 1. The number of nitrogens with two attached hydrogens (primary N) is 1. The Morgan fingerprint density at radius 3 is 2.56 bits per heavy atom. The van der Waals surface area contributed by atoms with Gasteiger partial charge in [0, 0.05) is 6.54 Å². The zero-order valence-electron chi connectivity index (χ0n) is 8.93. The van der Waals surface area contributed by atoms with Gasteiger partial charge in [0.05, 0.1) is 12.9 Å². The van der Waals surface area contributed by atoms with E-state index >= 15 is 0 Å². The standard InChI is InChI=1S/C9H15F3N2O2/c1-3-16-6-4-5-14-7(15)8(2,13)9(10,11)12/h3H,1,4-6,13H2,2H3,(H,14,15). The first kappa shape index (κ1) is 14.8. The van der Waals surface area contributed by atoms with Crippen molar-refractivity contribution in [2.75, 3.05) is 13.2 Å². The summed E-state index contributed by atoms with van der Waals surface area (Å²) in [5.41, 5.74) is 2.02. The van der Waals surface area contributed by atoms with E-state index in [0.29, 0.717) is 13.3 Å². The summed E-state index contributed by atoms with van der Waals surface area (Å²) in [4.78, 5) is 11.1. The fourth-order valence-corrected chi connectivity index (χ4v) is 0.753. The van der Waals surface area contributed by atoms with Gasteiger partial charge in [-0.25, -0.2) is 0 Å². The molecule has 0 spiro atoms. The minimum atomic E-state index is -4.77. The molecule has 0 saturated heterocycles. The molecule has 0 aromatic heterocycles. The van der Waals surface area contributed by atoms with Crippen LogP contribution in [0.15, 0.2) is 12.8 Å². The minimum Gasteiger partial charge on any atom is -0.502 e. The number of ether oxygens (including phenoxy) is 1. The Kier molecular flexibility index (Phi) is 5.29. The Labute approximate surface area is 91.6 Å². The predicted octanol–water partition coefficient (Wildman–Crippen LogP) is 0.932. The first-order valence-corrected chi connectivity index (χ1v) is 4.60. The lowest BCUT2D eigenvalue weighted by molar-refractivity contribution is -0.187. The molecule has 0 aliphatic rings. The van der Waals surface area contributed by atoms with Gasteiger partial charge in [0.1, 0.15) is 0 Å². The lowest BCUT2D eigenvalue weighted by Crippen LogP contribution is -2.61. The van der Waals surface area contributed by atoms with Crippen molar-refractivity contribution in [3.8, 4) is 0 Å². The zero-order chi connectivity index (χ0) is 12.8.